The molecule has 0 N–H and O–H groups in total. The molecule has 0 amide bonds. The molecule has 2 rings (SSSR count). The molecule has 2 heteroatoms. The Morgan fingerprint density at radius 2 is 1.59 bits per heavy atom. The molecule has 0 heterocycles. The molecule has 0 radical (unpaired) electrons. The fourth-order valence-electron chi connectivity index (χ4n) is 1.23. The average molecular weight is 228 g/mol. The highest BCUT2D eigenvalue weighted by Gasteiger charge is 1.92. The van der Waals surface area contributed by atoms with Crippen LogP contribution in [0.4, 0.5) is 0 Å². The summed E-state index contributed by atoms with van der Waals surface area (Å²) in [6.45, 7) is 2.54. The van der Waals surface area contributed by atoms with Crippen molar-refractivity contribution >= 4 is 6.29 Å². The van der Waals surface area contributed by atoms with Crippen molar-refractivity contribution in [2.75, 3.05) is 6.61 Å². The lowest BCUT2D eigenvalue weighted by atomic mass is 10.2. The number of carbonyl (C=O) groups excluding carboxylic acids is 1. The zero-order valence-electron chi connectivity index (χ0n) is 9.87. The molecule has 0 bridgehead atoms. The van der Waals surface area contributed by atoms with Crippen LogP contribution in [0.5, 0.6) is 5.75 Å². The quantitative estimate of drug-likeness (QED) is 0.750. The summed E-state index contributed by atoms with van der Waals surface area (Å²) in [5.74, 6) is 0.747. The SMILES string of the molecule is CCOc1cccc(C=O)c1.c1ccccc1. The molecule has 0 fully saturated rings. The van der Waals surface area contributed by atoms with Crippen LogP contribution in [0.2, 0.25) is 0 Å². The zero-order chi connectivity index (χ0) is 12.3. The van der Waals surface area contributed by atoms with Crippen molar-refractivity contribution in [2.24, 2.45) is 0 Å². The van der Waals surface area contributed by atoms with Crippen LogP contribution in [0.1, 0.15) is 17.3 Å². The largest absolute Gasteiger partial charge is 0.494 e. The summed E-state index contributed by atoms with van der Waals surface area (Å²) in [5, 5.41) is 0. The van der Waals surface area contributed by atoms with Gasteiger partial charge in [0.2, 0.25) is 0 Å². The third-order valence-electron chi connectivity index (χ3n) is 1.97. The van der Waals surface area contributed by atoms with Crippen molar-refractivity contribution in [1.82, 2.24) is 0 Å². The minimum atomic E-state index is 0.627. The van der Waals surface area contributed by atoms with E-state index in [2.05, 4.69) is 0 Å². The van der Waals surface area contributed by atoms with Gasteiger partial charge in [0.25, 0.3) is 0 Å². The van der Waals surface area contributed by atoms with Crippen molar-refractivity contribution in [3.05, 3.63) is 66.2 Å². The van der Waals surface area contributed by atoms with Gasteiger partial charge in [-0.05, 0) is 19.1 Å². The molecule has 0 aliphatic heterocycles. The molecule has 0 spiro atoms. The summed E-state index contributed by atoms with van der Waals surface area (Å²) in [5.41, 5.74) is 0.649. The van der Waals surface area contributed by atoms with Crippen LogP contribution in [0.3, 0.4) is 0 Å². The fourth-order valence-corrected chi connectivity index (χ4v) is 1.23. The lowest BCUT2D eigenvalue weighted by Crippen LogP contribution is -1.91. The summed E-state index contributed by atoms with van der Waals surface area (Å²) in [6.07, 6.45) is 0.808. The highest BCUT2D eigenvalue weighted by atomic mass is 16.5. The Hall–Kier alpha value is -2.09. The van der Waals surface area contributed by atoms with Gasteiger partial charge in [-0.1, -0.05) is 48.5 Å². The van der Waals surface area contributed by atoms with E-state index in [-0.39, 0.29) is 0 Å². The summed E-state index contributed by atoms with van der Waals surface area (Å²) in [6, 6.07) is 19.1. The number of hydrogen-bond donors (Lipinski definition) is 0. The van der Waals surface area contributed by atoms with E-state index in [9.17, 15) is 4.79 Å². The standard InChI is InChI=1S/C9H10O2.C6H6/c1-2-11-9-5-3-4-8(6-9)7-10;1-2-4-6-5-3-1/h3-7H,2H2,1H3;1-6H. The molecule has 0 aliphatic carbocycles. The zero-order valence-corrected chi connectivity index (χ0v) is 9.87. The fraction of sp³-hybridized carbons (Fsp3) is 0.133. The van der Waals surface area contributed by atoms with Gasteiger partial charge in [-0.25, -0.2) is 0 Å². The number of aldehydes is 1. The molecular weight excluding hydrogens is 212 g/mol. The minimum Gasteiger partial charge on any atom is -0.494 e. The number of carbonyl (C=O) groups is 1. The van der Waals surface area contributed by atoms with Crippen LogP contribution in [0, 0.1) is 0 Å². The molecule has 0 aliphatic rings. The first-order valence-corrected chi connectivity index (χ1v) is 5.55. The predicted molar refractivity (Wildman–Crippen MR) is 69.4 cm³/mol. The molecule has 2 aromatic rings. The Balaban J connectivity index is 0.000000202. The molecular formula is C15H16O2. The molecule has 2 aromatic carbocycles. The average Bonchev–Trinajstić information content (AvgIpc) is 2.42. The highest BCUT2D eigenvalue weighted by molar-refractivity contribution is 5.75. The van der Waals surface area contributed by atoms with E-state index in [1.165, 1.54) is 0 Å². The monoisotopic (exact) mass is 228 g/mol. The maximum Gasteiger partial charge on any atom is 0.150 e. The lowest BCUT2D eigenvalue weighted by molar-refractivity contribution is 0.112. The van der Waals surface area contributed by atoms with E-state index in [4.69, 9.17) is 4.74 Å². The van der Waals surface area contributed by atoms with Gasteiger partial charge >= 0.3 is 0 Å². The summed E-state index contributed by atoms with van der Waals surface area (Å²) < 4.78 is 5.19. The van der Waals surface area contributed by atoms with E-state index in [1.54, 1.807) is 18.2 Å². The van der Waals surface area contributed by atoms with E-state index < -0.39 is 0 Å². The molecule has 0 unspecified atom stereocenters. The van der Waals surface area contributed by atoms with E-state index >= 15 is 0 Å². The molecule has 0 atom stereocenters. The van der Waals surface area contributed by atoms with Gasteiger partial charge in [-0.15, -0.1) is 0 Å². The summed E-state index contributed by atoms with van der Waals surface area (Å²) in [4.78, 5) is 10.3. The maximum absolute atomic E-state index is 10.3. The van der Waals surface area contributed by atoms with Crippen molar-refractivity contribution < 1.29 is 9.53 Å². The van der Waals surface area contributed by atoms with Crippen molar-refractivity contribution in [3.8, 4) is 5.75 Å². The van der Waals surface area contributed by atoms with Crippen molar-refractivity contribution in [3.63, 3.8) is 0 Å². The van der Waals surface area contributed by atoms with Gasteiger partial charge in [0, 0.05) is 5.56 Å². The van der Waals surface area contributed by atoms with Crippen LogP contribution < -0.4 is 4.74 Å². The topological polar surface area (TPSA) is 26.3 Å². The van der Waals surface area contributed by atoms with Gasteiger partial charge in [0.05, 0.1) is 6.61 Å². The van der Waals surface area contributed by atoms with Crippen LogP contribution >= 0.6 is 0 Å². The first-order valence-electron chi connectivity index (χ1n) is 5.55. The molecule has 0 saturated heterocycles. The Kier molecular flexibility index (Phi) is 6.19. The second-order valence-electron chi connectivity index (χ2n) is 3.28. The Morgan fingerprint density at radius 1 is 1.00 bits per heavy atom. The van der Waals surface area contributed by atoms with E-state index in [0.29, 0.717) is 12.2 Å². The number of hydrogen-bond acceptors (Lipinski definition) is 2. The summed E-state index contributed by atoms with van der Waals surface area (Å²) >= 11 is 0. The van der Waals surface area contributed by atoms with Crippen molar-refractivity contribution in [2.45, 2.75) is 6.92 Å². The van der Waals surface area contributed by atoms with Crippen molar-refractivity contribution in [1.29, 1.82) is 0 Å². The minimum absolute atomic E-state index is 0.627. The Labute approximate surface area is 102 Å². The van der Waals surface area contributed by atoms with Crippen LogP contribution in [0.15, 0.2) is 60.7 Å². The summed E-state index contributed by atoms with van der Waals surface area (Å²) in [7, 11) is 0. The first kappa shape index (κ1) is 13.0. The molecule has 0 saturated carbocycles. The van der Waals surface area contributed by atoms with Gasteiger partial charge in [0.15, 0.2) is 0 Å². The lowest BCUT2D eigenvalue weighted by Gasteiger charge is -2.01. The van der Waals surface area contributed by atoms with Crippen LogP contribution in [0.25, 0.3) is 0 Å². The van der Waals surface area contributed by atoms with Gasteiger partial charge in [0.1, 0.15) is 12.0 Å². The van der Waals surface area contributed by atoms with Crippen LogP contribution in [-0.2, 0) is 0 Å². The second-order valence-corrected chi connectivity index (χ2v) is 3.28. The van der Waals surface area contributed by atoms with Crippen LogP contribution in [-0.4, -0.2) is 12.9 Å². The van der Waals surface area contributed by atoms with Gasteiger partial charge < -0.3 is 4.74 Å². The Bertz CT molecular complexity index is 397. The van der Waals surface area contributed by atoms with Gasteiger partial charge in [-0.3, -0.25) is 4.79 Å². The molecule has 0 aromatic heterocycles. The molecule has 88 valence electrons. The second kappa shape index (κ2) is 8.11. The van der Waals surface area contributed by atoms with E-state index in [0.717, 1.165) is 12.0 Å². The number of benzene rings is 2. The third kappa shape index (κ3) is 5.52. The predicted octanol–water partition coefficient (Wildman–Crippen LogP) is 3.58. The molecule has 2 nitrogen and oxygen atoms in total. The highest BCUT2D eigenvalue weighted by Crippen LogP contribution is 2.11. The third-order valence-corrected chi connectivity index (χ3v) is 1.97. The van der Waals surface area contributed by atoms with E-state index in [1.807, 2.05) is 49.4 Å². The first-order chi connectivity index (χ1) is 8.36. The maximum atomic E-state index is 10.3. The van der Waals surface area contributed by atoms with Gasteiger partial charge in [-0.2, -0.15) is 0 Å². The molecule has 17 heavy (non-hydrogen) atoms. The normalized spacial score (nSPS) is 8.76. The number of rotatable bonds is 3. The smallest absolute Gasteiger partial charge is 0.150 e. The Morgan fingerprint density at radius 3 is 2.06 bits per heavy atom. The number of ether oxygens (including phenoxy) is 1.